The summed E-state index contributed by atoms with van der Waals surface area (Å²) in [6, 6.07) is 11.8. The molecule has 9 nitrogen and oxygen atoms in total. The summed E-state index contributed by atoms with van der Waals surface area (Å²) in [5, 5.41) is 15.1. The van der Waals surface area contributed by atoms with E-state index in [9.17, 15) is 19.5 Å². The number of halogens is 1. The molecule has 2 aromatic carbocycles. The molecule has 2 aromatic rings. The molecule has 10 heteroatoms. The fourth-order valence-corrected chi connectivity index (χ4v) is 5.31. The molecule has 204 valence electrons. The first-order chi connectivity index (χ1) is 18.3. The maximum absolute atomic E-state index is 13.2. The zero-order chi connectivity index (χ0) is 27.1. The molecule has 1 saturated carbocycles. The van der Waals surface area contributed by atoms with Crippen LogP contribution in [0, 0.1) is 5.92 Å². The minimum atomic E-state index is -0.725. The number of carboxylic acid groups (broad SMARTS) is 1. The number of urea groups is 1. The quantitative estimate of drug-likeness (QED) is 0.401. The zero-order valence-electron chi connectivity index (χ0n) is 21.5. The summed E-state index contributed by atoms with van der Waals surface area (Å²) in [5.74, 6) is -0.528. The number of carbonyl (C=O) groups is 3. The van der Waals surface area contributed by atoms with Crippen molar-refractivity contribution in [3.63, 3.8) is 0 Å². The third kappa shape index (κ3) is 7.17. The van der Waals surface area contributed by atoms with Crippen LogP contribution in [0.15, 0.2) is 42.5 Å². The van der Waals surface area contributed by atoms with Crippen molar-refractivity contribution < 1.29 is 29.0 Å². The summed E-state index contributed by atoms with van der Waals surface area (Å²) in [4.78, 5) is 38.7. The van der Waals surface area contributed by atoms with Crippen LogP contribution < -0.4 is 15.4 Å². The van der Waals surface area contributed by atoms with E-state index in [1.54, 1.807) is 42.5 Å². The van der Waals surface area contributed by atoms with Gasteiger partial charge in [-0.1, -0.05) is 29.8 Å². The number of nitrogens with zero attached hydrogens (tertiary/aromatic N) is 1. The summed E-state index contributed by atoms with van der Waals surface area (Å²) in [7, 11) is 1.51. The topological polar surface area (TPSA) is 117 Å². The molecule has 0 aromatic heterocycles. The van der Waals surface area contributed by atoms with Crippen molar-refractivity contribution in [2.24, 2.45) is 5.92 Å². The largest absolute Gasteiger partial charge is 0.495 e. The second-order valence-electron chi connectivity index (χ2n) is 9.80. The lowest BCUT2D eigenvalue weighted by molar-refractivity contribution is -0.144. The number of amides is 3. The number of methoxy groups -OCH3 is 1. The Hall–Kier alpha value is -3.30. The molecule has 4 rings (SSSR count). The van der Waals surface area contributed by atoms with Crippen molar-refractivity contribution in [1.29, 1.82) is 0 Å². The first-order valence-corrected chi connectivity index (χ1v) is 13.3. The molecule has 0 bridgehead atoms. The number of carboxylic acids is 1. The van der Waals surface area contributed by atoms with Crippen LogP contribution in [0.2, 0.25) is 5.02 Å². The number of carbonyl (C=O) groups excluding carboxylic acids is 2. The molecule has 1 heterocycles. The van der Waals surface area contributed by atoms with Gasteiger partial charge in [-0.25, -0.2) is 4.79 Å². The maximum atomic E-state index is 13.2. The van der Waals surface area contributed by atoms with Gasteiger partial charge in [-0.15, -0.1) is 0 Å². The van der Waals surface area contributed by atoms with Crippen LogP contribution in [0.25, 0.3) is 0 Å². The predicted molar refractivity (Wildman–Crippen MR) is 145 cm³/mol. The summed E-state index contributed by atoms with van der Waals surface area (Å²) in [6.45, 7) is 1.17. The number of para-hydroxylation sites is 1. The van der Waals surface area contributed by atoms with Gasteiger partial charge < -0.3 is 30.1 Å². The lowest BCUT2D eigenvalue weighted by Crippen LogP contribution is -2.40. The normalized spacial score (nSPS) is 21.1. The van der Waals surface area contributed by atoms with Gasteiger partial charge in [-0.05, 0) is 68.4 Å². The third-order valence-electron chi connectivity index (χ3n) is 7.24. The molecule has 1 atom stereocenters. The van der Waals surface area contributed by atoms with E-state index in [-0.39, 0.29) is 30.4 Å². The van der Waals surface area contributed by atoms with Crippen LogP contribution in [0.3, 0.4) is 0 Å². The number of rotatable bonds is 9. The van der Waals surface area contributed by atoms with Crippen LogP contribution >= 0.6 is 11.6 Å². The highest BCUT2D eigenvalue weighted by Crippen LogP contribution is 2.29. The molecule has 0 radical (unpaired) electrons. The lowest BCUT2D eigenvalue weighted by atomic mass is 9.87. The predicted octanol–water partition coefficient (Wildman–Crippen LogP) is 5.19. The Kier molecular flexibility index (Phi) is 9.47. The third-order valence-corrected chi connectivity index (χ3v) is 7.57. The van der Waals surface area contributed by atoms with Crippen LogP contribution in [0.1, 0.15) is 44.1 Å². The number of hydrogen-bond donors (Lipinski definition) is 3. The van der Waals surface area contributed by atoms with E-state index < -0.39 is 12.0 Å². The van der Waals surface area contributed by atoms with Crippen molar-refractivity contribution in [3.8, 4) is 5.75 Å². The van der Waals surface area contributed by atoms with Crippen molar-refractivity contribution in [1.82, 2.24) is 4.90 Å². The molecular formula is C28H34ClN3O6. The van der Waals surface area contributed by atoms with Crippen LogP contribution in [-0.4, -0.2) is 60.3 Å². The van der Waals surface area contributed by atoms with E-state index >= 15 is 0 Å². The van der Waals surface area contributed by atoms with Gasteiger partial charge in [-0.3, -0.25) is 9.59 Å². The molecule has 1 saturated heterocycles. The van der Waals surface area contributed by atoms with Gasteiger partial charge in [0, 0.05) is 6.54 Å². The number of benzene rings is 2. The summed E-state index contributed by atoms with van der Waals surface area (Å²) in [6.07, 6.45) is 4.86. The van der Waals surface area contributed by atoms with Gasteiger partial charge in [0.25, 0.3) is 0 Å². The highest BCUT2D eigenvalue weighted by Gasteiger charge is 2.31. The molecule has 1 aliphatic carbocycles. The van der Waals surface area contributed by atoms with Gasteiger partial charge in [-0.2, -0.15) is 0 Å². The van der Waals surface area contributed by atoms with Gasteiger partial charge in [0.15, 0.2) is 0 Å². The Morgan fingerprint density at radius 2 is 1.76 bits per heavy atom. The Balaban J connectivity index is 1.30. The molecule has 1 unspecified atom stereocenters. The van der Waals surface area contributed by atoms with Gasteiger partial charge in [0.05, 0.1) is 54.6 Å². The van der Waals surface area contributed by atoms with Crippen molar-refractivity contribution in [3.05, 3.63) is 53.1 Å². The average Bonchev–Trinajstić information content (AvgIpc) is 3.39. The second kappa shape index (κ2) is 13.0. The van der Waals surface area contributed by atoms with E-state index in [4.69, 9.17) is 21.1 Å². The smallest absolute Gasteiger partial charge is 0.323 e. The number of aliphatic carboxylic acids is 1. The molecule has 0 spiro atoms. The SMILES string of the molecule is COc1cc(CC(=O)N2CCCC2COC2CCC(C(=O)O)CC2)ccc1NC(=O)Nc1ccccc1Cl. The highest BCUT2D eigenvalue weighted by molar-refractivity contribution is 6.33. The van der Waals surface area contributed by atoms with Crippen LogP contribution in [0.5, 0.6) is 5.75 Å². The van der Waals surface area contributed by atoms with E-state index in [0.29, 0.717) is 48.1 Å². The Morgan fingerprint density at radius 3 is 2.47 bits per heavy atom. The molecule has 2 fully saturated rings. The lowest BCUT2D eigenvalue weighted by Gasteiger charge is -2.30. The summed E-state index contributed by atoms with van der Waals surface area (Å²) < 4.78 is 11.6. The molecule has 3 amide bonds. The first kappa shape index (κ1) is 27.7. The molecule has 1 aliphatic heterocycles. The van der Waals surface area contributed by atoms with E-state index in [1.165, 1.54) is 7.11 Å². The molecule has 38 heavy (non-hydrogen) atoms. The molecular weight excluding hydrogens is 510 g/mol. The van der Waals surface area contributed by atoms with E-state index in [1.807, 2.05) is 4.90 Å². The molecule has 2 aliphatic rings. The monoisotopic (exact) mass is 543 g/mol. The first-order valence-electron chi connectivity index (χ1n) is 13.0. The number of hydrogen-bond acceptors (Lipinski definition) is 5. The van der Waals surface area contributed by atoms with Crippen molar-refractivity contribution in [2.45, 2.75) is 57.1 Å². The average molecular weight is 544 g/mol. The van der Waals surface area contributed by atoms with E-state index in [2.05, 4.69) is 10.6 Å². The minimum absolute atomic E-state index is 0.0184. The van der Waals surface area contributed by atoms with Crippen LogP contribution in [-0.2, 0) is 20.7 Å². The summed E-state index contributed by atoms with van der Waals surface area (Å²) in [5.41, 5.74) is 1.74. The minimum Gasteiger partial charge on any atom is -0.495 e. The fourth-order valence-electron chi connectivity index (χ4n) is 5.12. The van der Waals surface area contributed by atoms with E-state index in [0.717, 1.165) is 31.2 Å². The Labute approximate surface area is 227 Å². The Morgan fingerprint density at radius 1 is 1.03 bits per heavy atom. The summed E-state index contributed by atoms with van der Waals surface area (Å²) >= 11 is 6.11. The number of ether oxygens (including phenoxy) is 2. The number of likely N-dealkylation sites (tertiary alicyclic amines) is 1. The standard InChI is InChI=1S/C28H34ClN3O6/c1-37-25-15-18(8-13-24(25)31-28(36)30-23-7-3-2-6-22(23)29)16-26(33)32-14-4-5-20(32)17-38-21-11-9-19(10-12-21)27(34)35/h2-3,6-8,13,15,19-21H,4-5,9-12,14,16-17H2,1H3,(H,34,35)(H2,30,31,36). The number of nitrogens with one attached hydrogen (secondary N) is 2. The Bertz CT molecular complexity index is 1150. The van der Waals surface area contributed by atoms with Crippen molar-refractivity contribution in [2.75, 3.05) is 30.9 Å². The number of anilines is 2. The van der Waals surface area contributed by atoms with Crippen molar-refractivity contribution >= 4 is 40.9 Å². The van der Waals surface area contributed by atoms with Gasteiger partial charge in [0.2, 0.25) is 5.91 Å². The zero-order valence-corrected chi connectivity index (χ0v) is 22.2. The molecule has 3 N–H and O–H groups in total. The second-order valence-corrected chi connectivity index (χ2v) is 10.2. The maximum Gasteiger partial charge on any atom is 0.323 e. The highest BCUT2D eigenvalue weighted by atomic mass is 35.5. The van der Waals surface area contributed by atoms with Gasteiger partial charge >= 0.3 is 12.0 Å². The fraction of sp³-hybridized carbons (Fsp3) is 0.464. The van der Waals surface area contributed by atoms with Crippen LogP contribution in [0.4, 0.5) is 16.2 Å². The van der Waals surface area contributed by atoms with Gasteiger partial charge in [0.1, 0.15) is 5.75 Å².